The summed E-state index contributed by atoms with van der Waals surface area (Å²) in [5.41, 5.74) is 5.53. The molecule has 8 nitrogen and oxygen atoms in total. The van der Waals surface area contributed by atoms with Gasteiger partial charge in [0.2, 0.25) is 0 Å². The lowest BCUT2D eigenvalue weighted by Crippen LogP contribution is -2.49. The summed E-state index contributed by atoms with van der Waals surface area (Å²) in [6.07, 6.45) is 7.13. The molecule has 1 amide bonds. The maximum absolute atomic E-state index is 12.4. The lowest BCUT2D eigenvalue weighted by molar-refractivity contribution is 0.0958. The van der Waals surface area contributed by atoms with E-state index in [2.05, 4.69) is 31.2 Å². The Morgan fingerprint density at radius 1 is 1.12 bits per heavy atom. The molecule has 2 aliphatic carbocycles. The Morgan fingerprint density at radius 2 is 1.94 bits per heavy atom. The van der Waals surface area contributed by atoms with Gasteiger partial charge < -0.3 is 15.2 Å². The van der Waals surface area contributed by atoms with Crippen LogP contribution in [0.1, 0.15) is 52.5 Å². The number of nitrogens with zero attached hydrogens (tertiary/aromatic N) is 4. The quantitative estimate of drug-likeness (QED) is 0.761. The lowest BCUT2D eigenvalue weighted by Gasteiger charge is -2.39. The second-order valence-electron chi connectivity index (χ2n) is 8.89. The van der Waals surface area contributed by atoms with Crippen LogP contribution in [0.4, 0.5) is 5.69 Å². The van der Waals surface area contributed by atoms with Crippen LogP contribution in [0.5, 0.6) is 0 Å². The van der Waals surface area contributed by atoms with Crippen molar-refractivity contribution in [2.24, 2.45) is 0 Å². The normalized spacial score (nSPS) is 20.9. The molecule has 0 radical (unpaired) electrons. The van der Waals surface area contributed by atoms with Crippen molar-refractivity contribution in [3.8, 4) is 0 Å². The second kappa shape index (κ2) is 8.50. The zero-order valence-corrected chi connectivity index (χ0v) is 18.8. The predicted molar refractivity (Wildman–Crippen MR) is 124 cm³/mol. The number of anilines is 1. The molecule has 0 saturated carbocycles. The summed E-state index contributed by atoms with van der Waals surface area (Å²) >= 11 is 0. The van der Waals surface area contributed by atoms with Gasteiger partial charge in [-0.3, -0.25) is 14.5 Å². The van der Waals surface area contributed by atoms with E-state index in [-0.39, 0.29) is 11.5 Å². The Bertz CT molecular complexity index is 1130. The fraction of sp³-hybridized carbons (Fsp3) is 0.500. The fourth-order valence-corrected chi connectivity index (χ4v) is 5.22. The molecule has 1 aliphatic heterocycles. The average molecular weight is 435 g/mol. The molecule has 2 N–H and O–H groups in total. The number of amides is 1. The number of aryl methyl sites for hydroxylation is 2. The molecule has 1 saturated heterocycles. The molecule has 2 aromatic rings. The number of carbonyl (C=O) groups is 1. The summed E-state index contributed by atoms with van der Waals surface area (Å²) in [7, 11) is 1.62. The Balaban J connectivity index is 1.25. The standard InChI is InChI=1S/C24H30N6O2/c1-15-21(9-8-20(26-15)24(32)25-2)30-12-10-29(11-13-30)17-7-6-16(14-17)22-27-19-5-3-4-18(19)23(31)28-22/h8-9,14,17H,3-7,10-13H2,1-2H3,(H,25,32)(H,27,28,31). The van der Waals surface area contributed by atoms with Gasteiger partial charge in [-0.25, -0.2) is 9.97 Å². The van der Waals surface area contributed by atoms with Gasteiger partial charge in [-0.2, -0.15) is 0 Å². The minimum atomic E-state index is -0.160. The fourth-order valence-electron chi connectivity index (χ4n) is 5.22. The van der Waals surface area contributed by atoms with Crippen LogP contribution in [-0.4, -0.2) is 65.0 Å². The summed E-state index contributed by atoms with van der Waals surface area (Å²) in [6.45, 7) is 5.76. The Kier molecular flexibility index (Phi) is 5.55. The number of aromatic nitrogens is 3. The number of aromatic amines is 1. The van der Waals surface area contributed by atoms with Crippen molar-refractivity contribution in [3.63, 3.8) is 0 Å². The van der Waals surface area contributed by atoms with E-state index in [9.17, 15) is 9.59 Å². The van der Waals surface area contributed by atoms with Gasteiger partial charge in [-0.1, -0.05) is 6.08 Å². The monoisotopic (exact) mass is 434 g/mol. The third-order valence-corrected chi connectivity index (χ3v) is 6.99. The van der Waals surface area contributed by atoms with Gasteiger partial charge >= 0.3 is 0 Å². The summed E-state index contributed by atoms with van der Waals surface area (Å²) in [4.78, 5) is 41.4. The molecule has 0 aromatic carbocycles. The van der Waals surface area contributed by atoms with E-state index < -0.39 is 0 Å². The van der Waals surface area contributed by atoms with Crippen molar-refractivity contribution in [2.75, 3.05) is 38.1 Å². The van der Waals surface area contributed by atoms with E-state index in [1.807, 2.05) is 13.0 Å². The molecular weight excluding hydrogens is 404 g/mol. The van der Waals surface area contributed by atoms with Crippen LogP contribution in [0, 0.1) is 6.92 Å². The van der Waals surface area contributed by atoms with E-state index >= 15 is 0 Å². The second-order valence-corrected chi connectivity index (χ2v) is 8.89. The molecule has 32 heavy (non-hydrogen) atoms. The number of pyridine rings is 1. The number of carbonyl (C=O) groups excluding carboxylic acids is 1. The van der Waals surface area contributed by atoms with Crippen LogP contribution in [0.15, 0.2) is 23.0 Å². The first kappa shape index (κ1) is 20.9. The first-order chi connectivity index (χ1) is 15.5. The maximum Gasteiger partial charge on any atom is 0.269 e. The third-order valence-electron chi connectivity index (χ3n) is 6.99. The number of fused-ring (bicyclic) bond motifs is 1. The zero-order valence-electron chi connectivity index (χ0n) is 18.8. The first-order valence-corrected chi connectivity index (χ1v) is 11.6. The highest BCUT2D eigenvalue weighted by molar-refractivity contribution is 5.92. The Labute approximate surface area is 187 Å². The molecule has 1 unspecified atom stereocenters. The Morgan fingerprint density at radius 3 is 2.69 bits per heavy atom. The highest BCUT2D eigenvalue weighted by Crippen LogP contribution is 2.30. The van der Waals surface area contributed by atoms with Crippen LogP contribution < -0.4 is 15.8 Å². The molecule has 5 rings (SSSR count). The van der Waals surface area contributed by atoms with Crippen molar-refractivity contribution < 1.29 is 4.79 Å². The van der Waals surface area contributed by atoms with E-state index in [1.165, 1.54) is 5.57 Å². The van der Waals surface area contributed by atoms with Crippen LogP contribution in [0.3, 0.4) is 0 Å². The largest absolute Gasteiger partial charge is 0.368 e. The number of H-pyrrole nitrogens is 1. The molecule has 168 valence electrons. The van der Waals surface area contributed by atoms with Crippen LogP contribution >= 0.6 is 0 Å². The van der Waals surface area contributed by atoms with E-state index in [0.717, 1.165) is 86.7 Å². The molecule has 1 atom stereocenters. The van der Waals surface area contributed by atoms with Crippen LogP contribution in [-0.2, 0) is 12.8 Å². The van der Waals surface area contributed by atoms with Gasteiger partial charge in [0.1, 0.15) is 11.5 Å². The van der Waals surface area contributed by atoms with Crippen molar-refractivity contribution in [2.45, 2.75) is 45.1 Å². The molecule has 0 bridgehead atoms. The predicted octanol–water partition coefficient (Wildman–Crippen LogP) is 1.69. The minimum absolute atomic E-state index is 0.0480. The number of nitrogens with one attached hydrogen (secondary N) is 2. The van der Waals surface area contributed by atoms with Gasteiger partial charge in [0, 0.05) is 44.8 Å². The van der Waals surface area contributed by atoms with E-state index in [0.29, 0.717) is 11.7 Å². The molecule has 8 heteroatoms. The number of rotatable bonds is 4. The highest BCUT2D eigenvalue weighted by Gasteiger charge is 2.28. The molecule has 1 fully saturated rings. The minimum Gasteiger partial charge on any atom is -0.368 e. The SMILES string of the molecule is CNC(=O)c1ccc(N2CCN(C3C=C(c4nc5c(c(=O)[nH]4)CCC5)CC3)CC2)c(C)n1. The van der Waals surface area contributed by atoms with E-state index in [1.54, 1.807) is 13.1 Å². The van der Waals surface area contributed by atoms with E-state index in [4.69, 9.17) is 4.98 Å². The summed E-state index contributed by atoms with van der Waals surface area (Å²) in [5, 5.41) is 2.62. The Hall–Kier alpha value is -3.00. The maximum atomic E-state index is 12.4. The molecule has 2 aromatic heterocycles. The van der Waals surface area contributed by atoms with Crippen molar-refractivity contribution in [1.82, 2.24) is 25.2 Å². The first-order valence-electron chi connectivity index (χ1n) is 11.6. The number of piperazine rings is 1. The van der Waals surface area contributed by atoms with Gasteiger partial charge in [-0.15, -0.1) is 0 Å². The van der Waals surface area contributed by atoms with Crippen LogP contribution in [0.25, 0.3) is 5.57 Å². The zero-order chi connectivity index (χ0) is 22.2. The lowest BCUT2D eigenvalue weighted by atomic mass is 10.1. The van der Waals surface area contributed by atoms with Crippen LogP contribution in [0.2, 0.25) is 0 Å². The van der Waals surface area contributed by atoms with Gasteiger partial charge in [0.05, 0.1) is 17.1 Å². The van der Waals surface area contributed by atoms with Gasteiger partial charge in [-0.05, 0) is 56.7 Å². The molecule has 3 aliphatic rings. The molecule has 0 spiro atoms. The van der Waals surface area contributed by atoms with Gasteiger partial charge in [0.25, 0.3) is 11.5 Å². The molecular formula is C24H30N6O2. The summed E-state index contributed by atoms with van der Waals surface area (Å²) in [6, 6.07) is 4.19. The smallest absolute Gasteiger partial charge is 0.269 e. The van der Waals surface area contributed by atoms with Gasteiger partial charge in [0.15, 0.2) is 0 Å². The number of hydrogen-bond acceptors (Lipinski definition) is 6. The highest BCUT2D eigenvalue weighted by atomic mass is 16.1. The van der Waals surface area contributed by atoms with Crippen molar-refractivity contribution >= 4 is 17.2 Å². The summed E-state index contributed by atoms with van der Waals surface area (Å²) in [5.74, 6) is 0.613. The van der Waals surface area contributed by atoms with Crippen molar-refractivity contribution in [1.29, 1.82) is 0 Å². The molecule has 3 heterocycles. The third kappa shape index (κ3) is 3.83. The topological polar surface area (TPSA) is 94.2 Å². The average Bonchev–Trinajstić information content (AvgIpc) is 3.49. The number of hydrogen-bond donors (Lipinski definition) is 2. The van der Waals surface area contributed by atoms with Crippen molar-refractivity contribution in [3.05, 3.63) is 57.0 Å². The summed E-state index contributed by atoms with van der Waals surface area (Å²) < 4.78 is 0. The number of allylic oxidation sites excluding steroid dienone is 1.